The van der Waals surface area contributed by atoms with E-state index >= 15 is 0 Å². The van der Waals surface area contributed by atoms with Crippen LogP contribution in [-0.2, 0) is 4.79 Å². The van der Waals surface area contributed by atoms with Crippen molar-refractivity contribution in [1.29, 1.82) is 0 Å². The second-order valence-electron chi connectivity index (χ2n) is 6.18. The minimum absolute atomic E-state index is 0.128. The van der Waals surface area contributed by atoms with E-state index in [0.29, 0.717) is 17.2 Å². The SMILES string of the molecule is COc1ccc(NC(=O)CSc2ccc(F)cc2)cc1OC1CCCC1. The summed E-state index contributed by atoms with van der Waals surface area (Å²) in [6.45, 7) is 0. The Hall–Kier alpha value is -2.21. The van der Waals surface area contributed by atoms with Gasteiger partial charge < -0.3 is 14.8 Å². The summed E-state index contributed by atoms with van der Waals surface area (Å²) >= 11 is 1.36. The number of benzene rings is 2. The average molecular weight is 375 g/mol. The molecule has 0 saturated heterocycles. The zero-order valence-electron chi connectivity index (χ0n) is 14.7. The summed E-state index contributed by atoms with van der Waals surface area (Å²) in [6.07, 6.45) is 4.68. The molecule has 0 radical (unpaired) electrons. The van der Waals surface area contributed by atoms with E-state index in [-0.39, 0.29) is 23.6 Å². The molecular formula is C20H22FNO3S. The predicted octanol–water partition coefficient (Wildman–Crippen LogP) is 4.89. The zero-order chi connectivity index (χ0) is 18.4. The molecule has 0 spiro atoms. The summed E-state index contributed by atoms with van der Waals surface area (Å²) in [5, 5.41) is 2.87. The molecule has 2 aromatic carbocycles. The first-order valence-corrected chi connectivity index (χ1v) is 9.65. The Morgan fingerprint density at radius 3 is 2.58 bits per heavy atom. The van der Waals surface area contributed by atoms with E-state index in [1.54, 1.807) is 37.4 Å². The quantitative estimate of drug-likeness (QED) is 0.700. The molecule has 0 heterocycles. The van der Waals surface area contributed by atoms with E-state index in [4.69, 9.17) is 9.47 Å². The molecule has 1 saturated carbocycles. The summed E-state index contributed by atoms with van der Waals surface area (Å²) < 4.78 is 24.3. The number of rotatable bonds is 7. The molecule has 0 aliphatic heterocycles. The Labute approximate surface area is 157 Å². The van der Waals surface area contributed by atoms with Crippen LogP contribution in [0.2, 0.25) is 0 Å². The summed E-state index contributed by atoms with van der Waals surface area (Å²) in [5.74, 6) is 1.15. The fourth-order valence-electron chi connectivity index (χ4n) is 2.91. The Morgan fingerprint density at radius 2 is 1.88 bits per heavy atom. The summed E-state index contributed by atoms with van der Waals surface area (Å²) in [4.78, 5) is 13.0. The number of carbonyl (C=O) groups is 1. The van der Waals surface area contributed by atoms with Crippen molar-refractivity contribution >= 4 is 23.4 Å². The number of thioether (sulfide) groups is 1. The number of hydrogen-bond donors (Lipinski definition) is 1. The molecule has 26 heavy (non-hydrogen) atoms. The maximum absolute atomic E-state index is 12.9. The van der Waals surface area contributed by atoms with Gasteiger partial charge in [-0.3, -0.25) is 4.79 Å². The van der Waals surface area contributed by atoms with E-state index in [1.165, 1.54) is 36.7 Å². The highest BCUT2D eigenvalue weighted by molar-refractivity contribution is 8.00. The molecule has 4 nitrogen and oxygen atoms in total. The molecule has 1 amide bonds. The molecule has 3 rings (SSSR count). The van der Waals surface area contributed by atoms with Gasteiger partial charge in [-0.15, -0.1) is 11.8 Å². The number of anilines is 1. The molecule has 0 bridgehead atoms. The van der Waals surface area contributed by atoms with Crippen molar-refractivity contribution in [2.24, 2.45) is 0 Å². The summed E-state index contributed by atoms with van der Waals surface area (Å²) in [6, 6.07) is 11.5. The Kier molecular flexibility index (Phi) is 6.39. The standard InChI is InChI=1S/C20H22FNO3S/c1-24-18-11-8-15(12-19(18)25-16-4-2-3-5-16)22-20(23)13-26-17-9-6-14(21)7-10-17/h6-12,16H,2-5,13H2,1H3,(H,22,23). The van der Waals surface area contributed by atoms with Gasteiger partial charge in [0.05, 0.1) is 19.0 Å². The molecule has 0 aromatic heterocycles. The van der Waals surface area contributed by atoms with Crippen LogP contribution >= 0.6 is 11.8 Å². The molecule has 138 valence electrons. The van der Waals surface area contributed by atoms with Crippen LogP contribution in [0.25, 0.3) is 0 Å². The fraction of sp³-hybridized carbons (Fsp3) is 0.350. The summed E-state index contributed by atoms with van der Waals surface area (Å²) in [7, 11) is 1.61. The normalized spacial score (nSPS) is 14.2. The van der Waals surface area contributed by atoms with Gasteiger partial charge in [-0.25, -0.2) is 4.39 Å². The van der Waals surface area contributed by atoms with Crippen LogP contribution in [0.1, 0.15) is 25.7 Å². The minimum Gasteiger partial charge on any atom is -0.493 e. The second-order valence-corrected chi connectivity index (χ2v) is 7.23. The number of amides is 1. The van der Waals surface area contributed by atoms with E-state index in [1.807, 2.05) is 0 Å². The molecule has 0 unspecified atom stereocenters. The number of hydrogen-bond acceptors (Lipinski definition) is 4. The van der Waals surface area contributed by atoms with Gasteiger partial charge in [0.15, 0.2) is 11.5 Å². The van der Waals surface area contributed by atoms with Crippen LogP contribution in [-0.4, -0.2) is 24.9 Å². The van der Waals surface area contributed by atoms with Crippen LogP contribution in [0.5, 0.6) is 11.5 Å². The highest BCUT2D eigenvalue weighted by Crippen LogP contribution is 2.34. The first-order chi connectivity index (χ1) is 12.6. The lowest BCUT2D eigenvalue weighted by Gasteiger charge is -2.17. The molecular weight excluding hydrogens is 353 g/mol. The van der Waals surface area contributed by atoms with Crippen LogP contribution in [0.3, 0.4) is 0 Å². The molecule has 1 aliphatic rings. The van der Waals surface area contributed by atoms with Gasteiger partial charge in [-0.1, -0.05) is 0 Å². The Bertz CT molecular complexity index is 745. The van der Waals surface area contributed by atoms with Crippen LogP contribution in [0.4, 0.5) is 10.1 Å². The van der Waals surface area contributed by atoms with Gasteiger partial charge in [0.25, 0.3) is 0 Å². The van der Waals surface area contributed by atoms with Crippen molar-refractivity contribution in [1.82, 2.24) is 0 Å². The van der Waals surface area contributed by atoms with Gasteiger partial charge >= 0.3 is 0 Å². The van der Waals surface area contributed by atoms with Gasteiger partial charge in [0.1, 0.15) is 5.82 Å². The van der Waals surface area contributed by atoms with Gasteiger partial charge in [-0.2, -0.15) is 0 Å². The van der Waals surface area contributed by atoms with Crippen molar-refractivity contribution in [3.05, 3.63) is 48.3 Å². The highest BCUT2D eigenvalue weighted by atomic mass is 32.2. The van der Waals surface area contributed by atoms with E-state index < -0.39 is 0 Å². The van der Waals surface area contributed by atoms with E-state index in [0.717, 1.165) is 17.7 Å². The molecule has 2 aromatic rings. The van der Waals surface area contributed by atoms with Crippen LogP contribution in [0, 0.1) is 5.82 Å². The highest BCUT2D eigenvalue weighted by Gasteiger charge is 2.19. The van der Waals surface area contributed by atoms with Crippen molar-refractivity contribution in [3.8, 4) is 11.5 Å². The van der Waals surface area contributed by atoms with E-state index in [9.17, 15) is 9.18 Å². The monoisotopic (exact) mass is 375 g/mol. The van der Waals surface area contributed by atoms with Crippen LogP contribution < -0.4 is 14.8 Å². The second kappa shape index (κ2) is 8.94. The number of ether oxygens (including phenoxy) is 2. The fourth-order valence-corrected chi connectivity index (χ4v) is 3.61. The predicted molar refractivity (Wildman–Crippen MR) is 102 cm³/mol. The largest absolute Gasteiger partial charge is 0.493 e. The molecule has 0 atom stereocenters. The molecule has 1 N–H and O–H groups in total. The van der Waals surface area contributed by atoms with Crippen LogP contribution in [0.15, 0.2) is 47.4 Å². The molecule has 6 heteroatoms. The maximum atomic E-state index is 12.9. The maximum Gasteiger partial charge on any atom is 0.234 e. The number of methoxy groups -OCH3 is 1. The number of carbonyl (C=O) groups excluding carboxylic acids is 1. The number of nitrogens with one attached hydrogen (secondary N) is 1. The molecule has 1 fully saturated rings. The Morgan fingerprint density at radius 1 is 1.15 bits per heavy atom. The van der Waals surface area contributed by atoms with Gasteiger partial charge in [0.2, 0.25) is 5.91 Å². The number of halogens is 1. The van der Waals surface area contributed by atoms with Gasteiger partial charge in [0, 0.05) is 16.6 Å². The lowest BCUT2D eigenvalue weighted by molar-refractivity contribution is -0.113. The molecule has 1 aliphatic carbocycles. The van der Waals surface area contributed by atoms with Crippen molar-refractivity contribution < 1.29 is 18.7 Å². The first-order valence-electron chi connectivity index (χ1n) is 8.67. The lowest BCUT2D eigenvalue weighted by Crippen LogP contribution is -2.15. The topological polar surface area (TPSA) is 47.6 Å². The minimum atomic E-state index is -0.285. The van der Waals surface area contributed by atoms with Crippen molar-refractivity contribution in [2.75, 3.05) is 18.2 Å². The van der Waals surface area contributed by atoms with Crippen molar-refractivity contribution in [2.45, 2.75) is 36.7 Å². The van der Waals surface area contributed by atoms with Gasteiger partial charge in [-0.05, 0) is 62.1 Å². The lowest BCUT2D eigenvalue weighted by atomic mass is 10.2. The first kappa shape index (κ1) is 18.6. The van der Waals surface area contributed by atoms with Crippen molar-refractivity contribution in [3.63, 3.8) is 0 Å². The van der Waals surface area contributed by atoms with E-state index in [2.05, 4.69) is 5.32 Å². The Balaban J connectivity index is 1.59. The zero-order valence-corrected chi connectivity index (χ0v) is 15.5. The third-order valence-corrected chi connectivity index (χ3v) is 5.24. The smallest absolute Gasteiger partial charge is 0.234 e. The third-order valence-electron chi connectivity index (χ3n) is 4.23. The summed E-state index contributed by atoms with van der Waals surface area (Å²) in [5.41, 5.74) is 0.670. The average Bonchev–Trinajstić information content (AvgIpc) is 3.15. The third kappa shape index (κ3) is 5.14.